The first-order valence-corrected chi connectivity index (χ1v) is 6.73. The van der Waals surface area contributed by atoms with Crippen molar-refractivity contribution in [3.05, 3.63) is 35.4 Å². The maximum Gasteiger partial charge on any atom is 0.328 e. The molecule has 2 rings (SSSR count). The highest BCUT2D eigenvalue weighted by Gasteiger charge is 2.46. The summed E-state index contributed by atoms with van der Waals surface area (Å²) in [5.74, 6) is -0.751. The Morgan fingerprint density at radius 3 is 2.67 bits per heavy atom. The minimum atomic E-state index is -0.882. The van der Waals surface area contributed by atoms with E-state index in [2.05, 4.69) is 19.2 Å². The van der Waals surface area contributed by atoms with Crippen molar-refractivity contribution in [3.63, 3.8) is 0 Å². The number of hydrogen-bond donors (Lipinski definition) is 2. The van der Waals surface area contributed by atoms with Gasteiger partial charge in [-0.05, 0) is 36.8 Å². The van der Waals surface area contributed by atoms with Gasteiger partial charge < -0.3 is 5.11 Å². The third-order valence-electron chi connectivity index (χ3n) is 4.05. The predicted molar refractivity (Wildman–Crippen MR) is 71.6 cm³/mol. The second-order valence-corrected chi connectivity index (χ2v) is 5.03. The molecule has 18 heavy (non-hydrogen) atoms. The lowest BCUT2D eigenvalue weighted by Gasteiger charge is -2.31. The van der Waals surface area contributed by atoms with Gasteiger partial charge in [0.25, 0.3) is 0 Å². The maximum absolute atomic E-state index is 11.8. The van der Waals surface area contributed by atoms with E-state index in [0.717, 1.165) is 24.8 Å². The first kappa shape index (κ1) is 13.1. The minimum absolute atomic E-state index is 0.257. The van der Waals surface area contributed by atoms with Gasteiger partial charge in [-0.1, -0.05) is 38.1 Å². The van der Waals surface area contributed by atoms with E-state index in [-0.39, 0.29) is 6.04 Å². The topological polar surface area (TPSA) is 49.3 Å². The van der Waals surface area contributed by atoms with Gasteiger partial charge >= 0.3 is 5.97 Å². The molecular weight excluding hydrogens is 226 g/mol. The van der Waals surface area contributed by atoms with Crippen LogP contribution >= 0.6 is 0 Å². The molecule has 0 heterocycles. The van der Waals surface area contributed by atoms with Gasteiger partial charge in [0, 0.05) is 6.04 Å². The number of benzene rings is 1. The molecule has 2 N–H and O–H groups in total. The van der Waals surface area contributed by atoms with Gasteiger partial charge in [-0.2, -0.15) is 0 Å². The number of hydrogen-bond acceptors (Lipinski definition) is 2. The molecule has 0 fully saturated rings. The normalized spacial score (nSPS) is 22.2. The summed E-state index contributed by atoms with van der Waals surface area (Å²) in [5, 5.41) is 13.1. The van der Waals surface area contributed by atoms with Crippen LogP contribution in [0.5, 0.6) is 0 Å². The largest absolute Gasteiger partial charge is 0.480 e. The van der Waals surface area contributed by atoms with Gasteiger partial charge in [0.15, 0.2) is 0 Å². The Kier molecular flexibility index (Phi) is 3.71. The van der Waals surface area contributed by atoms with E-state index >= 15 is 0 Å². The SMILES string of the molecule is CCC(CC)NC1(C(=O)O)CCc2ccccc21. The quantitative estimate of drug-likeness (QED) is 0.841. The van der Waals surface area contributed by atoms with E-state index in [9.17, 15) is 9.90 Å². The summed E-state index contributed by atoms with van der Waals surface area (Å²) in [6.07, 6.45) is 3.40. The van der Waals surface area contributed by atoms with Gasteiger partial charge in [0.05, 0.1) is 0 Å². The van der Waals surface area contributed by atoms with Crippen molar-refractivity contribution in [2.75, 3.05) is 0 Å². The fourth-order valence-electron chi connectivity index (χ4n) is 2.89. The molecule has 98 valence electrons. The van der Waals surface area contributed by atoms with Crippen molar-refractivity contribution in [1.82, 2.24) is 5.32 Å². The van der Waals surface area contributed by atoms with Gasteiger partial charge in [0.2, 0.25) is 0 Å². The van der Waals surface area contributed by atoms with Crippen LogP contribution < -0.4 is 5.32 Å². The van der Waals surface area contributed by atoms with Crippen LogP contribution in [0.25, 0.3) is 0 Å². The average Bonchev–Trinajstić information content (AvgIpc) is 2.76. The monoisotopic (exact) mass is 247 g/mol. The first-order valence-electron chi connectivity index (χ1n) is 6.73. The number of rotatable bonds is 5. The predicted octanol–water partition coefficient (Wildman–Crippen LogP) is 2.69. The summed E-state index contributed by atoms with van der Waals surface area (Å²) in [4.78, 5) is 11.8. The van der Waals surface area contributed by atoms with Gasteiger partial charge in [-0.25, -0.2) is 4.79 Å². The van der Waals surface area contributed by atoms with Crippen LogP contribution in [0.2, 0.25) is 0 Å². The van der Waals surface area contributed by atoms with Crippen LogP contribution in [-0.4, -0.2) is 17.1 Å². The number of aryl methyl sites for hydroxylation is 1. The van der Waals surface area contributed by atoms with Crippen molar-refractivity contribution >= 4 is 5.97 Å². The average molecular weight is 247 g/mol. The zero-order valence-electron chi connectivity index (χ0n) is 11.1. The summed E-state index contributed by atoms with van der Waals surface area (Å²) in [6.45, 7) is 4.19. The van der Waals surface area contributed by atoms with Crippen molar-refractivity contribution in [2.24, 2.45) is 0 Å². The van der Waals surface area contributed by atoms with E-state index in [1.54, 1.807) is 0 Å². The van der Waals surface area contributed by atoms with E-state index in [0.29, 0.717) is 6.42 Å². The van der Waals surface area contributed by atoms with E-state index in [1.807, 2.05) is 24.3 Å². The molecule has 1 unspecified atom stereocenters. The Hall–Kier alpha value is -1.35. The van der Waals surface area contributed by atoms with Crippen LogP contribution in [0.4, 0.5) is 0 Å². The maximum atomic E-state index is 11.8. The zero-order chi connectivity index (χ0) is 13.2. The Morgan fingerprint density at radius 2 is 2.06 bits per heavy atom. The second kappa shape index (κ2) is 5.11. The summed E-state index contributed by atoms with van der Waals surface area (Å²) in [7, 11) is 0. The van der Waals surface area contributed by atoms with Crippen molar-refractivity contribution in [1.29, 1.82) is 0 Å². The third-order valence-corrected chi connectivity index (χ3v) is 4.05. The number of carboxylic acids is 1. The van der Waals surface area contributed by atoms with Crippen molar-refractivity contribution < 1.29 is 9.90 Å². The molecule has 3 heteroatoms. The van der Waals surface area contributed by atoms with E-state index in [1.165, 1.54) is 5.56 Å². The Morgan fingerprint density at radius 1 is 1.39 bits per heavy atom. The fourth-order valence-corrected chi connectivity index (χ4v) is 2.89. The molecule has 0 spiro atoms. The molecular formula is C15H21NO2. The Balaban J connectivity index is 2.38. The lowest BCUT2D eigenvalue weighted by atomic mass is 9.90. The Labute approximate surface area is 108 Å². The summed E-state index contributed by atoms with van der Waals surface area (Å²) >= 11 is 0. The molecule has 1 aliphatic rings. The molecule has 0 amide bonds. The lowest BCUT2D eigenvalue weighted by molar-refractivity contribution is -0.145. The number of carboxylic acid groups (broad SMARTS) is 1. The molecule has 0 aromatic heterocycles. The molecule has 0 aliphatic heterocycles. The molecule has 0 bridgehead atoms. The van der Waals surface area contributed by atoms with Crippen LogP contribution in [0.3, 0.4) is 0 Å². The number of fused-ring (bicyclic) bond motifs is 1. The van der Waals surface area contributed by atoms with E-state index in [4.69, 9.17) is 0 Å². The highest BCUT2D eigenvalue weighted by atomic mass is 16.4. The van der Waals surface area contributed by atoms with E-state index < -0.39 is 11.5 Å². The highest BCUT2D eigenvalue weighted by Crippen LogP contribution is 2.37. The van der Waals surface area contributed by atoms with Crippen LogP contribution in [-0.2, 0) is 16.8 Å². The first-order chi connectivity index (χ1) is 8.64. The number of nitrogens with one attached hydrogen (secondary N) is 1. The molecule has 3 nitrogen and oxygen atoms in total. The lowest BCUT2D eigenvalue weighted by Crippen LogP contribution is -2.51. The zero-order valence-corrected chi connectivity index (χ0v) is 11.1. The van der Waals surface area contributed by atoms with Crippen LogP contribution in [0, 0.1) is 0 Å². The molecule has 1 atom stereocenters. The smallest absolute Gasteiger partial charge is 0.328 e. The Bertz CT molecular complexity index is 440. The molecule has 1 aromatic rings. The molecule has 1 aliphatic carbocycles. The number of carbonyl (C=O) groups is 1. The van der Waals surface area contributed by atoms with Gasteiger partial charge in [-0.15, -0.1) is 0 Å². The minimum Gasteiger partial charge on any atom is -0.480 e. The fraction of sp³-hybridized carbons (Fsp3) is 0.533. The van der Waals surface area contributed by atoms with Crippen molar-refractivity contribution in [2.45, 2.75) is 51.1 Å². The van der Waals surface area contributed by atoms with Crippen LogP contribution in [0.1, 0.15) is 44.2 Å². The number of aliphatic carboxylic acids is 1. The molecule has 0 saturated carbocycles. The van der Waals surface area contributed by atoms with Gasteiger partial charge in [-0.3, -0.25) is 5.32 Å². The highest BCUT2D eigenvalue weighted by molar-refractivity contribution is 5.82. The van der Waals surface area contributed by atoms with Gasteiger partial charge in [0.1, 0.15) is 5.54 Å². The third kappa shape index (κ3) is 2.03. The standard InChI is InChI=1S/C15H21NO2/c1-3-12(4-2)16-15(14(17)18)10-9-11-7-5-6-8-13(11)15/h5-8,12,16H,3-4,9-10H2,1-2H3,(H,17,18). The van der Waals surface area contributed by atoms with Crippen molar-refractivity contribution in [3.8, 4) is 0 Å². The summed E-state index contributed by atoms with van der Waals surface area (Å²) in [5.41, 5.74) is 1.23. The molecule has 0 saturated heterocycles. The molecule has 1 aromatic carbocycles. The summed E-state index contributed by atoms with van der Waals surface area (Å²) < 4.78 is 0. The summed E-state index contributed by atoms with van der Waals surface area (Å²) in [6, 6.07) is 8.15. The van der Waals surface area contributed by atoms with Crippen LogP contribution in [0.15, 0.2) is 24.3 Å². The molecule has 0 radical (unpaired) electrons. The second-order valence-electron chi connectivity index (χ2n) is 5.03.